The fraction of sp³-hybridized carbons (Fsp3) is 1.00. The first-order chi connectivity index (χ1) is 13.7. The Labute approximate surface area is 175 Å². The van der Waals surface area contributed by atoms with Crippen molar-refractivity contribution in [2.24, 2.45) is 0 Å². The summed E-state index contributed by atoms with van der Waals surface area (Å²) in [5.74, 6) is -1.71. The monoisotopic (exact) mass is 426 g/mol. The summed E-state index contributed by atoms with van der Waals surface area (Å²) in [4.78, 5) is 0. The van der Waals surface area contributed by atoms with E-state index in [9.17, 15) is 9.50 Å². The molecule has 2 unspecified atom stereocenters. The smallest absolute Gasteiger partial charge is 0.206 e. The highest BCUT2D eigenvalue weighted by Crippen LogP contribution is 2.22. The molecule has 176 valence electrons. The molecule has 8 heteroatoms. The molecule has 0 bridgehead atoms. The van der Waals surface area contributed by atoms with E-state index in [1.807, 2.05) is 13.8 Å². The van der Waals surface area contributed by atoms with Crippen molar-refractivity contribution in [3.8, 4) is 0 Å². The van der Waals surface area contributed by atoms with E-state index in [1.165, 1.54) is 6.92 Å². The molecule has 0 spiro atoms. The van der Waals surface area contributed by atoms with Crippen LogP contribution in [0.25, 0.3) is 0 Å². The average molecular weight is 427 g/mol. The van der Waals surface area contributed by atoms with Crippen molar-refractivity contribution in [1.82, 2.24) is 0 Å². The van der Waals surface area contributed by atoms with Gasteiger partial charge < -0.3 is 34.3 Å². The quantitative estimate of drug-likeness (QED) is 0.243. The predicted octanol–water partition coefficient (Wildman–Crippen LogP) is 2.59. The third-order valence-electron chi connectivity index (χ3n) is 4.35. The van der Waals surface area contributed by atoms with Gasteiger partial charge in [0.1, 0.15) is 6.10 Å². The second kappa shape index (κ2) is 17.3. The van der Waals surface area contributed by atoms with Crippen molar-refractivity contribution in [2.45, 2.75) is 83.3 Å². The van der Waals surface area contributed by atoms with Gasteiger partial charge in [0.05, 0.1) is 25.4 Å². The van der Waals surface area contributed by atoms with E-state index in [0.717, 1.165) is 12.8 Å². The largest absolute Gasteiger partial charge is 0.396 e. The van der Waals surface area contributed by atoms with E-state index in [1.54, 1.807) is 0 Å². The fourth-order valence-electron chi connectivity index (χ4n) is 2.63. The van der Waals surface area contributed by atoms with Gasteiger partial charge in [-0.15, -0.1) is 0 Å². The van der Waals surface area contributed by atoms with Crippen molar-refractivity contribution >= 4 is 0 Å². The second-order valence-electron chi connectivity index (χ2n) is 8.08. The van der Waals surface area contributed by atoms with Crippen molar-refractivity contribution in [3.63, 3.8) is 0 Å². The first-order valence-corrected chi connectivity index (χ1v) is 10.7. The third-order valence-corrected chi connectivity index (χ3v) is 4.35. The van der Waals surface area contributed by atoms with Crippen LogP contribution in [-0.2, 0) is 18.9 Å². The molecular formula is C21H43FO7. The van der Waals surface area contributed by atoms with Crippen molar-refractivity contribution in [2.75, 3.05) is 52.9 Å². The molecule has 7 nitrogen and oxygen atoms in total. The van der Waals surface area contributed by atoms with Gasteiger partial charge in [-0.05, 0) is 59.3 Å². The molecule has 0 radical (unpaired) electrons. The molecule has 0 aromatic carbocycles. The highest BCUT2D eigenvalue weighted by atomic mass is 19.2. The van der Waals surface area contributed by atoms with Gasteiger partial charge in [-0.1, -0.05) is 0 Å². The minimum absolute atomic E-state index is 0.144. The molecule has 0 rings (SSSR count). The van der Waals surface area contributed by atoms with E-state index >= 15 is 0 Å². The third kappa shape index (κ3) is 19.4. The summed E-state index contributed by atoms with van der Waals surface area (Å²) in [6.45, 7) is 7.57. The molecule has 3 N–H and O–H groups in total. The van der Waals surface area contributed by atoms with Gasteiger partial charge in [-0.25, -0.2) is 4.39 Å². The molecule has 0 aromatic rings. The average Bonchev–Trinajstić information content (AvgIpc) is 2.66. The lowest BCUT2D eigenvalue weighted by Crippen LogP contribution is -2.28. The molecule has 0 amide bonds. The molecule has 0 saturated carbocycles. The lowest BCUT2D eigenvalue weighted by Gasteiger charge is -2.26. The maximum atomic E-state index is 14.4. The SMILES string of the molecule is CC(C)(CCCO)OCCCC(C)(F)OCCCOCC(O)COCCCCO. The molecule has 0 aliphatic heterocycles. The zero-order valence-electron chi connectivity index (χ0n) is 18.5. The maximum Gasteiger partial charge on any atom is 0.206 e. The second-order valence-corrected chi connectivity index (χ2v) is 8.08. The Morgan fingerprint density at radius 1 is 0.724 bits per heavy atom. The molecule has 0 fully saturated rings. The number of alkyl halides is 1. The van der Waals surface area contributed by atoms with Crippen molar-refractivity contribution < 1.29 is 38.7 Å². The van der Waals surface area contributed by atoms with Crippen molar-refractivity contribution in [3.05, 3.63) is 0 Å². The van der Waals surface area contributed by atoms with Crippen LogP contribution in [0.1, 0.15) is 65.7 Å². The molecule has 29 heavy (non-hydrogen) atoms. The highest BCUT2D eigenvalue weighted by Gasteiger charge is 2.24. The topological polar surface area (TPSA) is 97.6 Å². The van der Waals surface area contributed by atoms with Crippen molar-refractivity contribution in [1.29, 1.82) is 0 Å². The number of aliphatic hydroxyl groups excluding tert-OH is 3. The van der Waals surface area contributed by atoms with Crippen LogP contribution in [0.4, 0.5) is 4.39 Å². The zero-order chi connectivity index (χ0) is 22.0. The zero-order valence-corrected chi connectivity index (χ0v) is 18.5. The Hall–Kier alpha value is -0.350. The standard InChI is InChI=1S/C21H43FO7/c1-20(2,9-6-12-24)28-15-7-10-21(3,22)29-16-8-14-27-18-19(25)17-26-13-5-4-11-23/h19,23-25H,4-18H2,1-3H3. The molecular weight excluding hydrogens is 383 g/mol. The summed E-state index contributed by atoms with van der Waals surface area (Å²) >= 11 is 0. The molecule has 0 aliphatic carbocycles. The number of halogens is 1. The van der Waals surface area contributed by atoms with Crippen LogP contribution in [0, 0.1) is 0 Å². The Balaban J connectivity index is 3.62. The van der Waals surface area contributed by atoms with Crippen LogP contribution in [0.3, 0.4) is 0 Å². The van der Waals surface area contributed by atoms with Gasteiger partial charge in [0, 0.05) is 39.5 Å². The van der Waals surface area contributed by atoms with Crippen LogP contribution in [0.2, 0.25) is 0 Å². The Morgan fingerprint density at radius 3 is 1.93 bits per heavy atom. The van der Waals surface area contributed by atoms with E-state index in [2.05, 4.69) is 0 Å². The normalized spacial score (nSPS) is 15.4. The molecule has 0 aliphatic rings. The summed E-state index contributed by atoms with van der Waals surface area (Å²) in [5, 5.41) is 27.2. The van der Waals surface area contributed by atoms with Crippen LogP contribution in [0.15, 0.2) is 0 Å². The van der Waals surface area contributed by atoms with Crippen LogP contribution in [-0.4, -0.2) is 85.7 Å². The number of ether oxygens (including phenoxy) is 4. The predicted molar refractivity (Wildman–Crippen MR) is 110 cm³/mol. The molecule has 0 saturated heterocycles. The Bertz CT molecular complexity index is 367. The number of rotatable bonds is 21. The first kappa shape index (κ1) is 28.6. The van der Waals surface area contributed by atoms with E-state index < -0.39 is 12.0 Å². The summed E-state index contributed by atoms with van der Waals surface area (Å²) in [5.41, 5.74) is -0.317. The fourth-order valence-corrected chi connectivity index (χ4v) is 2.63. The highest BCUT2D eigenvalue weighted by molar-refractivity contribution is 4.69. The summed E-state index contributed by atoms with van der Waals surface area (Å²) < 4.78 is 36.0. The van der Waals surface area contributed by atoms with Gasteiger partial charge in [-0.2, -0.15) is 0 Å². The summed E-state index contributed by atoms with van der Waals surface area (Å²) in [6.07, 6.45) is 3.54. The van der Waals surface area contributed by atoms with Gasteiger partial charge in [-0.3, -0.25) is 0 Å². The van der Waals surface area contributed by atoms with Crippen LogP contribution >= 0.6 is 0 Å². The number of hydrogen-bond donors (Lipinski definition) is 3. The van der Waals surface area contributed by atoms with Crippen LogP contribution < -0.4 is 0 Å². The molecule has 0 aromatic heterocycles. The number of hydrogen-bond acceptors (Lipinski definition) is 7. The van der Waals surface area contributed by atoms with Gasteiger partial charge in [0.15, 0.2) is 0 Å². The number of aliphatic hydroxyl groups is 3. The first-order valence-electron chi connectivity index (χ1n) is 10.7. The van der Waals surface area contributed by atoms with Crippen LogP contribution in [0.5, 0.6) is 0 Å². The minimum Gasteiger partial charge on any atom is -0.396 e. The summed E-state index contributed by atoms with van der Waals surface area (Å²) in [6, 6.07) is 0. The lowest BCUT2D eigenvalue weighted by molar-refractivity contribution is -0.144. The van der Waals surface area contributed by atoms with Gasteiger partial charge in [0.2, 0.25) is 5.85 Å². The molecule has 0 heterocycles. The maximum absolute atomic E-state index is 14.4. The summed E-state index contributed by atoms with van der Waals surface area (Å²) in [7, 11) is 0. The minimum atomic E-state index is -1.71. The van der Waals surface area contributed by atoms with Gasteiger partial charge in [0.25, 0.3) is 0 Å². The Morgan fingerprint density at radius 2 is 1.31 bits per heavy atom. The molecule has 2 atom stereocenters. The van der Waals surface area contributed by atoms with E-state index in [4.69, 9.17) is 29.2 Å². The van der Waals surface area contributed by atoms with Gasteiger partial charge >= 0.3 is 0 Å². The Kier molecular flexibility index (Phi) is 17.1. The number of unbranched alkanes of at least 4 members (excludes halogenated alkanes) is 1. The van der Waals surface area contributed by atoms with E-state index in [0.29, 0.717) is 45.5 Å². The lowest BCUT2D eigenvalue weighted by atomic mass is 10.0. The van der Waals surface area contributed by atoms with E-state index in [-0.39, 0.29) is 45.1 Å².